The molecule has 0 amide bonds. The van der Waals surface area contributed by atoms with Gasteiger partial charge in [0, 0.05) is 0 Å². The van der Waals surface area contributed by atoms with E-state index in [1.165, 1.54) is 0 Å². The number of carboxylic acid groups (broad SMARTS) is 1. The fraction of sp³-hybridized carbons (Fsp3) is 0.0833. The van der Waals surface area contributed by atoms with Crippen molar-refractivity contribution in [3.05, 3.63) is 39.1 Å². The topological polar surface area (TPSA) is 89.8 Å². The first-order chi connectivity index (χ1) is 10.1. The van der Waals surface area contributed by atoms with E-state index in [0.29, 0.717) is 12.1 Å². The van der Waals surface area contributed by atoms with Crippen molar-refractivity contribution in [3.8, 4) is 17.5 Å². The van der Waals surface area contributed by atoms with Gasteiger partial charge in [-0.05, 0) is 12.1 Å². The van der Waals surface area contributed by atoms with Gasteiger partial charge < -0.3 is 10.1 Å². The Hall–Kier alpha value is -2.24. The summed E-state index contributed by atoms with van der Waals surface area (Å²) in [7, 11) is 0. The SMILES string of the molecule is N#Cc1[nH]c(-c2c(Cl)cc(C(F)(F)F)cc2Cl)nc1C(=O)O. The molecule has 2 rings (SSSR count). The lowest BCUT2D eigenvalue weighted by atomic mass is 10.1. The molecular formula is C12H4Cl2F3N3O2. The number of carboxylic acids is 1. The van der Waals surface area contributed by atoms with Gasteiger partial charge in [0.05, 0.1) is 21.2 Å². The van der Waals surface area contributed by atoms with E-state index in [2.05, 4.69) is 9.97 Å². The van der Waals surface area contributed by atoms with Crippen molar-refractivity contribution in [1.82, 2.24) is 9.97 Å². The molecule has 0 unspecified atom stereocenters. The van der Waals surface area contributed by atoms with E-state index in [4.69, 9.17) is 33.6 Å². The molecule has 1 heterocycles. The number of hydrogen-bond donors (Lipinski definition) is 2. The quantitative estimate of drug-likeness (QED) is 0.858. The van der Waals surface area contributed by atoms with E-state index in [1.807, 2.05) is 0 Å². The van der Waals surface area contributed by atoms with Gasteiger partial charge in [0.25, 0.3) is 0 Å². The standard InChI is InChI=1S/C12H4Cl2F3N3O2/c13-5-1-4(12(15,16)17)2-6(14)8(5)10-19-7(3-18)9(20-10)11(21)22/h1-2H,(H,19,20)(H,21,22). The number of rotatable bonds is 2. The molecule has 10 heteroatoms. The number of hydrogen-bond acceptors (Lipinski definition) is 3. The highest BCUT2D eigenvalue weighted by Gasteiger charge is 2.32. The molecule has 0 fully saturated rings. The number of benzene rings is 1. The van der Waals surface area contributed by atoms with Gasteiger partial charge in [-0.3, -0.25) is 0 Å². The van der Waals surface area contributed by atoms with E-state index in [9.17, 15) is 18.0 Å². The molecule has 2 aromatic rings. The molecule has 0 aliphatic heterocycles. The highest BCUT2D eigenvalue weighted by atomic mass is 35.5. The van der Waals surface area contributed by atoms with Crippen molar-refractivity contribution in [2.45, 2.75) is 6.18 Å². The minimum absolute atomic E-state index is 0.125. The van der Waals surface area contributed by atoms with Crippen LogP contribution in [0.3, 0.4) is 0 Å². The minimum Gasteiger partial charge on any atom is -0.476 e. The maximum atomic E-state index is 12.6. The van der Waals surface area contributed by atoms with Crippen LogP contribution >= 0.6 is 23.2 Å². The number of nitriles is 1. The van der Waals surface area contributed by atoms with Crippen molar-refractivity contribution in [1.29, 1.82) is 5.26 Å². The number of H-pyrrole nitrogens is 1. The Bertz CT molecular complexity index is 786. The van der Waals surface area contributed by atoms with Crippen molar-refractivity contribution >= 4 is 29.2 Å². The molecule has 1 aromatic carbocycles. The monoisotopic (exact) mass is 349 g/mol. The van der Waals surface area contributed by atoms with Crippen LogP contribution in [-0.4, -0.2) is 21.0 Å². The molecule has 0 saturated carbocycles. The predicted octanol–water partition coefficient (Wildman–Crippen LogP) is 3.97. The zero-order chi connectivity index (χ0) is 16.7. The summed E-state index contributed by atoms with van der Waals surface area (Å²) in [5.41, 5.74) is -2.13. The second kappa shape index (κ2) is 5.51. The second-order valence-electron chi connectivity index (χ2n) is 4.04. The number of nitrogens with zero attached hydrogens (tertiary/aromatic N) is 2. The lowest BCUT2D eigenvalue weighted by molar-refractivity contribution is -0.137. The number of halogens is 5. The smallest absolute Gasteiger partial charge is 0.416 e. The van der Waals surface area contributed by atoms with Gasteiger partial charge in [0.2, 0.25) is 0 Å². The highest BCUT2D eigenvalue weighted by Crippen LogP contribution is 2.39. The first-order valence-electron chi connectivity index (χ1n) is 5.45. The average Bonchev–Trinajstić information content (AvgIpc) is 2.80. The van der Waals surface area contributed by atoms with Crippen LogP contribution < -0.4 is 0 Å². The molecule has 0 spiro atoms. The third kappa shape index (κ3) is 2.86. The van der Waals surface area contributed by atoms with Gasteiger partial charge in [-0.25, -0.2) is 9.78 Å². The summed E-state index contributed by atoms with van der Waals surface area (Å²) in [4.78, 5) is 16.9. The van der Waals surface area contributed by atoms with Gasteiger partial charge in [0.1, 0.15) is 11.9 Å². The van der Waals surface area contributed by atoms with E-state index in [0.717, 1.165) is 0 Å². The van der Waals surface area contributed by atoms with Crippen molar-refractivity contribution in [2.24, 2.45) is 0 Å². The average molecular weight is 350 g/mol. The van der Waals surface area contributed by atoms with Gasteiger partial charge in [-0.2, -0.15) is 18.4 Å². The van der Waals surface area contributed by atoms with E-state index >= 15 is 0 Å². The summed E-state index contributed by atoms with van der Waals surface area (Å²) >= 11 is 11.6. The Kier molecular flexibility index (Phi) is 4.04. The zero-order valence-electron chi connectivity index (χ0n) is 10.3. The zero-order valence-corrected chi connectivity index (χ0v) is 11.8. The molecule has 0 aliphatic rings. The summed E-state index contributed by atoms with van der Waals surface area (Å²) in [5, 5.41) is 17.0. The molecule has 22 heavy (non-hydrogen) atoms. The van der Waals surface area contributed by atoms with Crippen LogP contribution in [0.5, 0.6) is 0 Å². The van der Waals surface area contributed by atoms with Crippen LogP contribution in [0.1, 0.15) is 21.7 Å². The van der Waals surface area contributed by atoms with E-state index in [-0.39, 0.29) is 27.1 Å². The van der Waals surface area contributed by atoms with Gasteiger partial charge in [-0.15, -0.1) is 0 Å². The van der Waals surface area contributed by atoms with Crippen molar-refractivity contribution in [2.75, 3.05) is 0 Å². The first kappa shape index (κ1) is 16.1. The molecule has 0 bridgehead atoms. The Labute approximate surface area is 130 Å². The van der Waals surface area contributed by atoms with E-state index in [1.54, 1.807) is 6.07 Å². The van der Waals surface area contributed by atoms with Crippen molar-refractivity contribution in [3.63, 3.8) is 0 Å². The van der Waals surface area contributed by atoms with Crippen LogP contribution in [-0.2, 0) is 6.18 Å². The molecule has 114 valence electrons. The molecule has 0 aliphatic carbocycles. The highest BCUT2D eigenvalue weighted by molar-refractivity contribution is 6.39. The minimum atomic E-state index is -4.64. The Morgan fingerprint density at radius 2 is 1.86 bits per heavy atom. The maximum Gasteiger partial charge on any atom is 0.416 e. The van der Waals surface area contributed by atoms with E-state index < -0.39 is 23.4 Å². The summed E-state index contributed by atoms with van der Waals surface area (Å²) in [6.07, 6.45) is -4.64. The Morgan fingerprint density at radius 1 is 1.32 bits per heavy atom. The summed E-state index contributed by atoms with van der Waals surface area (Å²) < 4.78 is 37.9. The van der Waals surface area contributed by atoms with Crippen molar-refractivity contribution < 1.29 is 23.1 Å². The molecule has 1 aromatic heterocycles. The molecule has 0 atom stereocenters. The number of aromatic amines is 1. The van der Waals surface area contributed by atoms with Crippen LogP contribution in [0.15, 0.2) is 12.1 Å². The Morgan fingerprint density at radius 3 is 2.23 bits per heavy atom. The van der Waals surface area contributed by atoms with Crippen LogP contribution in [0, 0.1) is 11.3 Å². The van der Waals surface area contributed by atoms with Gasteiger partial charge >= 0.3 is 12.1 Å². The number of carbonyl (C=O) groups is 1. The molecule has 0 radical (unpaired) electrons. The normalized spacial score (nSPS) is 11.3. The summed E-state index contributed by atoms with van der Waals surface area (Å²) in [6.45, 7) is 0. The second-order valence-corrected chi connectivity index (χ2v) is 4.85. The fourth-order valence-electron chi connectivity index (χ4n) is 1.69. The first-order valence-corrected chi connectivity index (χ1v) is 6.20. The maximum absolute atomic E-state index is 12.6. The lowest BCUT2D eigenvalue weighted by Crippen LogP contribution is -2.05. The fourth-order valence-corrected chi connectivity index (χ4v) is 2.36. The van der Waals surface area contributed by atoms with Crippen LogP contribution in [0.4, 0.5) is 13.2 Å². The number of aromatic carboxylic acids is 1. The number of alkyl halides is 3. The molecule has 2 N–H and O–H groups in total. The molecule has 0 saturated heterocycles. The largest absolute Gasteiger partial charge is 0.476 e. The van der Waals surface area contributed by atoms with Crippen LogP contribution in [0.25, 0.3) is 11.4 Å². The Balaban J connectivity index is 2.64. The van der Waals surface area contributed by atoms with Gasteiger partial charge in [0.15, 0.2) is 11.4 Å². The number of imidazole rings is 1. The van der Waals surface area contributed by atoms with Crippen LogP contribution in [0.2, 0.25) is 10.0 Å². The summed E-state index contributed by atoms with van der Waals surface area (Å²) in [6, 6.07) is 2.85. The predicted molar refractivity (Wildman–Crippen MR) is 70.7 cm³/mol. The van der Waals surface area contributed by atoms with Gasteiger partial charge in [-0.1, -0.05) is 23.2 Å². The summed E-state index contributed by atoms with van der Waals surface area (Å²) in [5.74, 6) is -1.68. The molecule has 5 nitrogen and oxygen atoms in total. The lowest BCUT2D eigenvalue weighted by Gasteiger charge is -2.10. The third-order valence-electron chi connectivity index (χ3n) is 2.62. The molecular weight excluding hydrogens is 346 g/mol. The number of aromatic nitrogens is 2. The third-order valence-corrected chi connectivity index (χ3v) is 3.22. The number of nitrogens with one attached hydrogen (secondary N) is 1.